The van der Waals surface area contributed by atoms with Crippen LogP contribution in [0.4, 0.5) is 34.3 Å². The molecule has 11 nitrogen and oxygen atoms in total. The van der Waals surface area contributed by atoms with Gasteiger partial charge in [-0.25, -0.2) is 32.6 Å². The van der Waals surface area contributed by atoms with Gasteiger partial charge in [-0.15, -0.1) is 0 Å². The summed E-state index contributed by atoms with van der Waals surface area (Å²) in [6.07, 6.45) is -1.78. The topological polar surface area (TPSA) is 147 Å². The summed E-state index contributed by atoms with van der Waals surface area (Å²) >= 11 is 6.59. The fourth-order valence-corrected chi connectivity index (χ4v) is 6.35. The number of rotatable bonds is 7. The first-order chi connectivity index (χ1) is 22.5. The molecule has 1 aliphatic heterocycles. The fourth-order valence-electron chi connectivity index (χ4n) is 6.11. The van der Waals surface area contributed by atoms with Crippen LogP contribution in [0, 0.1) is 22.6 Å². The van der Waals surface area contributed by atoms with Crippen molar-refractivity contribution in [3.63, 3.8) is 0 Å². The van der Waals surface area contributed by atoms with Crippen LogP contribution in [0.1, 0.15) is 50.8 Å². The van der Waals surface area contributed by atoms with Gasteiger partial charge in [-0.3, -0.25) is 19.4 Å². The number of hydrogen-bond acceptors (Lipinski definition) is 6. The number of amides is 5. The van der Waals surface area contributed by atoms with Gasteiger partial charge in [0.05, 0.1) is 18.2 Å². The molecule has 250 valence electrons. The van der Waals surface area contributed by atoms with Crippen molar-refractivity contribution in [3.05, 3.63) is 88.8 Å². The average molecular weight is 683 g/mol. The zero-order valence-corrected chi connectivity index (χ0v) is 26.7. The molecule has 1 unspecified atom stereocenters. The molecule has 5 rings (SSSR count). The quantitative estimate of drug-likeness (QED) is 0.304. The number of nitriles is 1. The van der Waals surface area contributed by atoms with Crippen LogP contribution in [0.15, 0.2) is 66.9 Å². The molecular formula is C33H30ClF3N6O5. The van der Waals surface area contributed by atoms with Gasteiger partial charge in [-0.2, -0.15) is 5.26 Å². The number of carbonyl (C=O) groups excluding carboxylic acids is 3. The number of hydrogen-bond donors (Lipinski definition) is 2. The number of nitrogens with one attached hydrogen (secondary N) is 1. The second kappa shape index (κ2) is 12.5. The van der Waals surface area contributed by atoms with E-state index in [1.807, 2.05) is 6.07 Å². The standard InChI is InChI=1S/C33H30ClF3N6O5/c1-31(2,3)33(18-41(30(47)48)29(46)43(33)25-13-19(17-38)11-12-39-25)28(45)42(22-8-6-7-20(35)14-22)26(23-9-4-5-10-24(23)34)27(44)40-21-15-32(36,37)16-21/h4-14,21,26H,15-16,18H2,1-3H3,(H,40,44)(H,47,48)/t26-,33?/m0/s1. The number of carboxylic acid groups (broad SMARTS) is 1. The lowest BCUT2D eigenvalue weighted by molar-refractivity contribution is -0.135. The highest BCUT2D eigenvalue weighted by molar-refractivity contribution is 6.32. The second-order valence-corrected chi connectivity index (χ2v) is 13.1. The predicted octanol–water partition coefficient (Wildman–Crippen LogP) is 6.14. The number of urea groups is 1. The van der Waals surface area contributed by atoms with Crippen LogP contribution >= 0.6 is 11.6 Å². The Morgan fingerprint density at radius 2 is 1.81 bits per heavy atom. The second-order valence-electron chi connectivity index (χ2n) is 12.7. The maximum absolute atomic E-state index is 15.5. The van der Waals surface area contributed by atoms with Gasteiger partial charge in [0.2, 0.25) is 5.91 Å². The van der Waals surface area contributed by atoms with Crippen molar-refractivity contribution in [1.29, 1.82) is 5.26 Å². The summed E-state index contributed by atoms with van der Waals surface area (Å²) in [6, 6.07) is 11.3. The first kappa shape index (κ1) is 34.2. The number of alkyl halides is 2. The molecule has 2 heterocycles. The molecule has 3 aromatic rings. The van der Waals surface area contributed by atoms with Gasteiger partial charge >= 0.3 is 12.1 Å². The third kappa shape index (κ3) is 6.01. The third-order valence-corrected chi connectivity index (χ3v) is 8.91. The Balaban J connectivity index is 1.79. The monoisotopic (exact) mass is 682 g/mol. The summed E-state index contributed by atoms with van der Waals surface area (Å²) in [4.78, 5) is 62.5. The van der Waals surface area contributed by atoms with Crippen LogP contribution in [0.5, 0.6) is 0 Å². The smallest absolute Gasteiger partial charge is 0.415 e. The van der Waals surface area contributed by atoms with Crippen molar-refractivity contribution in [2.75, 3.05) is 16.3 Å². The lowest BCUT2D eigenvalue weighted by Gasteiger charge is -2.48. The maximum atomic E-state index is 15.5. The summed E-state index contributed by atoms with van der Waals surface area (Å²) in [7, 11) is 0. The average Bonchev–Trinajstić information content (AvgIpc) is 3.33. The Labute approximate surface area is 278 Å². The van der Waals surface area contributed by atoms with Crippen molar-refractivity contribution < 1.29 is 37.5 Å². The molecule has 0 bridgehead atoms. The van der Waals surface area contributed by atoms with E-state index in [1.54, 1.807) is 26.8 Å². The normalized spacial score (nSPS) is 19.7. The third-order valence-electron chi connectivity index (χ3n) is 8.57. The van der Waals surface area contributed by atoms with E-state index in [0.29, 0.717) is 4.90 Å². The number of benzene rings is 2. The van der Waals surface area contributed by atoms with Gasteiger partial charge in [-0.1, -0.05) is 56.6 Å². The van der Waals surface area contributed by atoms with Crippen molar-refractivity contribution in [1.82, 2.24) is 15.2 Å². The summed E-state index contributed by atoms with van der Waals surface area (Å²) in [5.41, 5.74) is -3.64. The van der Waals surface area contributed by atoms with Crippen molar-refractivity contribution in [2.45, 2.75) is 57.2 Å². The number of carbonyl (C=O) groups is 4. The number of pyridine rings is 1. The Kier molecular flexibility index (Phi) is 8.87. The Bertz CT molecular complexity index is 1840. The van der Waals surface area contributed by atoms with E-state index in [9.17, 15) is 37.9 Å². The lowest BCUT2D eigenvalue weighted by atomic mass is 9.71. The molecule has 2 atom stereocenters. The van der Waals surface area contributed by atoms with Gasteiger partial charge in [0.15, 0.2) is 5.54 Å². The summed E-state index contributed by atoms with van der Waals surface area (Å²) in [6.45, 7) is 3.93. The number of imide groups is 1. The summed E-state index contributed by atoms with van der Waals surface area (Å²) < 4.78 is 42.5. The van der Waals surface area contributed by atoms with Crippen molar-refractivity contribution in [3.8, 4) is 6.07 Å². The van der Waals surface area contributed by atoms with E-state index in [1.165, 1.54) is 48.7 Å². The van der Waals surface area contributed by atoms with Gasteiger partial charge in [0.25, 0.3) is 11.8 Å². The molecule has 2 aromatic carbocycles. The molecule has 1 aromatic heterocycles. The van der Waals surface area contributed by atoms with Crippen LogP contribution in [-0.2, 0) is 9.59 Å². The van der Waals surface area contributed by atoms with Gasteiger partial charge in [0.1, 0.15) is 17.7 Å². The molecule has 0 radical (unpaired) electrons. The Morgan fingerprint density at radius 3 is 2.40 bits per heavy atom. The molecule has 1 saturated carbocycles. The van der Waals surface area contributed by atoms with Crippen LogP contribution in [0.2, 0.25) is 5.02 Å². The minimum atomic E-state index is -3.00. The van der Waals surface area contributed by atoms with E-state index in [4.69, 9.17) is 11.6 Å². The van der Waals surface area contributed by atoms with Crippen molar-refractivity contribution in [2.24, 2.45) is 5.41 Å². The van der Waals surface area contributed by atoms with Gasteiger partial charge in [0, 0.05) is 41.4 Å². The van der Waals surface area contributed by atoms with E-state index in [2.05, 4.69) is 10.3 Å². The SMILES string of the molecule is CC(C)(C)C1(C(=O)N(c2cccc(F)c2)[C@H](C(=O)NC2CC(F)(F)C2)c2ccccc2Cl)CN(C(=O)O)C(=O)N1c1cc(C#N)ccn1. The molecule has 0 spiro atoms. The van der Waals surface area contributed by atoms with Gasteiger partial charge < -0.3 is 10.4 Å². The predicted molar refractivity (Wildman–Crippen MR) is 168 cm³/mol. The fraction of sp³-hybridized carbons (Fsp3) is 0.333. The van der Waals surface area contributed by atoms with E-state index in [-0.39, 0.29) is 27.7 Å². The largest absolute Gasteiger partial charge is 0.465 e. The Hall–Kier alpha value is -5.16. The lowest BCUT2D eigenvalue weighted by Crippen LogP contribution is -2.68. The number of halogens is 4. The minimum absolute atomic E-state index is 0.00510. The van der Waals surface area contributed by atoms with E-state index >= 15 is 4.79 Å². The molecule has 2 fully saturated rings. The van der Waals surface area contributed by atoms with Crippen LogP contribution < -0.4 is 15.1 Å². The highest BCUT2D eigenvalue weighted by Crippen LogP contribution is 2.48. The van der Waals surface area contributed by atoms with Crippen LogP contribution in [0.25, 0.3) is 0 Å². The zero-order valence-electron chi connectivity index (χ0n) is 26.0. The zero-order chi connectivity index (χ0) is 35.2. The minimum Gasteiger partial charge on any atom is -0.465 e. The number of aromatic nitrogens is 1. The summed E-state index contributed by atoms with van der Waals surface area (Å²) in [5.74, 6) is -6.01. The molecule has 2 N–H and O–H groups in total. The molecule has 5 amide bonds. The summed E-state index contributed by atoms with van der Waals surface area (Å²) in [5, 5.41) is 22.2. The molecule has 2 aliphatic rings. The first-order valence-electron chi connectivity index (χ1n) is 14.7. The number of nitrogens with zero attached hydrogens (tertiary/aromatic N) is 5. The molecule has 15 heteroatoms. The van der Waals surface area contributed by atoms with Crippen LogP contribution in [-0.4, -0.2) is 63.0 Å². The highest BCUT2D eigenvalue weighted by atomic mass is 35.5. The van der Waals surface area contributed by atoms with Crippen molar-refractivity contribution >= 4 is 47.0 Å². The molecule has 48 heavy (non-hydrogen) atoms. The molecular weight excluding hydrogens is 653 g/mol. The first-order valence-corrected chi connectivity index (χ1v) is 15.1. The van der Waals surface area contributed by atoms with Crippen LogP contribution in [0.3, 0.4) is 0 Å². The van der Waals surface area contributed by atoms with E-state index < -0.39 is 78.1 Å². The molecule has 1 saturated heterocycles. The maximum Gasteiger partial charge on any atom is 0.415 e. The van der Waals surface area contributed by atoms with Gasteiger partial charge in [-0.05, 0) is 41.8 Å². The van der Waals surface area contributed by atoms with E-state index in [0.717, 1.165) is 21.9 Å². The highest BCUT2D eigenvalue weighted by Gasteiger charge is 2.65. The molecule has 1 aliphatic carbocycles. The number of anilines is 2. The Morgan fingerprint density at radius 1 is 1.12 bits per heavy atom.